The van der Waals surface area contributed by atoms with Crippen LogP contribution in [-0.2, 0) is 0 Å². The highest BCUT2D eigenvalue weighted by Gasteiger charge is 2.19. The van der Waals surface area contributed by atoms with Crippen molar-refractivity contribution in [3.8, 4) is 0 Å². The van der Waals surface area contributed by atoms with E-state index in [-0.39, 0.29) is 5.82 Å². The van der Waals surface area contributed by atoms with Gasteiger partial charge in [0.05, 0.1) is 5.69 Å². The Morgan fingerprint density at radius 1 is 1.62 bits per heavy atom. The van der Waals surface area contributed by atoms with Gasteiger partial charge in [-0.05, 0) is 36.0 Å². The minimum atomic E-state index is -0.493. The molecule has 0 aromatic carbocycles. The molecule has 1 unspecified atom stereocenters. The molecule has 1 atom stereocenters. The van der Waals surface area contributed by atoms with Gasteiger partial charge in [0.25, 0.3) is 0 Å². The first-order chi connectivity index (χ1) is 7.65. The summed E-state index contributed by atoms with van der Waals surface area (Å²) in [5.74, 6) is -0.117. The molecule has 86 valence electrons. The highest BCUT2D eigenvalue weighted by atomic mass is 16.6. The van der Waals surface area contributed by atoms with Crippen molar-refractivity contribution in [3.05, 3.63) is 28.4 Å². The van der Waals surface area contributed by atoms with Crippen LogP contribution in [0.1, 0.15) is 6.42 Å². The molecule has 6 nitrogen and oxygen atoms in total. The largest absolute Gasteiger partial charge is 0.378 e. The summed E-state index contributed by atoms with van der Waals surface area (Å²) in [6.07, 6.45) is 2.60. The minimum absolute atomic E-state index is 0.117. The number of likely N-dealkylation sites (N-methyl/N-ethyl adjacent to an activating group) is 1. The number of nitro groups is 1. The number of rotatable bonds is 3. The second kappa shape index (κ2) is 4.44. The van der Waals surface area contributed by atoms with Crippen molar-refractivity contribution in [1.29, 1.82) is 0 Å². The zero-order valence-corrected chi connectivity index (χ0v) is 9.09. The second-order valence-electron chi connectivity index (χ2n) is 4.05. The van der Waals surface area contributed by atoms with Crippen molar-refractivity contribution in [2.75, 3.05) is 25.5 Å². The number of anilines is 1. The lowest BCUT2D eigenvalue weighted by molar-refractivity contribution is -0.389. The van der Waals surface area contributed by atoms with E-state index in [9.17, 15) is 10.1 Å². The third kappa shape index (κ3) is 2.46. The predicted molar refractivity (Wildman–Crippen MR) is 60.4 cm³/mol. The molecule has 1 N–H and O–H groups in total. The van der Waals surface area contributed by atoms with Crippen LogP contribution < -0.4 is 5.32 Å². The highest BCUT2D eigenvalue weighted by molar-refractivity contribution is 5.44. The van der Waals surface area contributed by atoms with Crippen molar-refractivity contribution in [3.63, 3.8) is 0 Å². The smallest absolute Gasteiger partial charge is 0.363 e. The predicted octanol–water partition coefficient (Wildman–Crippen LogP) is 1.11. The molecule has 16 heavy (non-hydrogen) atoms. The first-order valence-electron chi connectivity index (χ1n) is 5.20. The maximum absolute atomic E-state index is 10.4. The molecule has 1 aromatic heterocycles. The van der Waals surface area contributed by atoms with Gasteiger partial charge >= 0.3 is 5.82 Å². The number of nitrogens with one attached hydrogen (secondary N) is 1. The lowest BCUT2D eigenvalue weighted by Gasteiger charge is -2.12. The fraction of sp³-hybridized carbons (Fsp3) is 0.500. The van der Waals surface area contributed by atoms with Crippen LogP contribution in [-0.4, -0.2) is 41.0 Å². The Balaban J connectivity index is 1.97. The Morgan fingerprint density at radius 3 is 2.94 bits per heavy atom. The number of hydrogen-bond donors (Lipinski definition) is 1. The van der Waals surface area contributed by atoms with Crippen molar-refractivity contribution in [1.82, 2.24) is 9.88 Å². The SMILES string of the molecule is CN1CCC(Nc2ccc([N+](=O)[O-])nc2)C1. The molecule has 0 amide bonds. The summed E-state index contributed by atoms with van der Waals surface area (Å²) in [6.45, 7) is 2.08. The molecule has 0 spiro atoms. The summed E-state index contributed by atoms with van der Waals surface area (Å²) in [6, 6.07) is 3.53. The molecule has 1 fully saturated rings. The molecule has 0 radical (unpaired) electrons. The van der Waals surface area contributed by atoms with Crippen LogP contribution in [0.15, 0.2) is 18.3 Å². The Hall–Kier alpha value is -1.69. The molecule has 1 saturated heterocycles. The average molecular weight is 222 g/mol. The van der Waals surface area contributed by atoms with Crippen LogP contribution in [0, 0.1) is 10.1 Å². The molecule has 1 aliphatic rings. The summed E-state index contributed by atoms with van der Waals surface area (Å²) in [5.41, 5.74) is 0.839. The van der Waals surface area contributed by atoms with Gasteiger partial charge in [-0.3, -0.25) is 0 Å². The Bertz CT molecular complexity index is 379. The first kappa shape index (κ1) is 10.8. The Labute approximate surface area is 93.4 Å². The number of likely N-dealkylation sites (tertiary alicyclic amines) is 1. The lowest BCUT2D eigenvalue weighted by Crippen LogP contribution is -2.23. The quantitative estimate of drug-likeness (QED) is 0.612. The van der Waals surface area contributed by atoms with Gasteiger partial charge in [0.15, 0.2) is 6.20 Å². The Kier molecular flexibility index (Phi) is 3.00. The van der Waals surface area contributed by atoms with Gasteiger partial charge in [0.1, 0.15) is 0 Å². The molecule has 0 aliphatic carbocycles. The van der Waals surface area contributed by atoms with E-state index in [2.05, 4.69) is 22.2 Å². The molecule has 1 aliphatic heterocycles. The van der Waals surface area contributed by atoms with E-state index in [1.807, 2.05) is 0 Å². The molecule has 2 rings (SSSR count). The summed E-state index contributed by atoms with van der Waals surface area (Å²) >= 11 is 0. The van der Waals surface area contributed by atoms with E-state index in [0.29, 0.717) is 6.04 Å². The first-order valence-corrected chi connectivity index (χ1v) is 5.20. The van der Waals surface area contributed by atoms with Gasteiger partial charge < -0.3 is 20.3 Å². The maximum atomic E-state index is 10.4. The van der Waals surface area contributed by atoms with Crippen molar-refractivity contribution < 1.29 is 4.92 Å². The molecule has 1 aromatic rings. The molecule has 0 saturated carbocycles. The van der Waals surface area contributed by atoms with Crippen LogP contribution >= 0.6 is 0 Å². The van der Waals surface area contributed by atoms with Crippen LogP contribution in [0.4, 0.5) is 11.5 Å². The molecule has 0 bridgehead atoms. The highest BCUT2D eigenvalue weighted by Crippen LogP contribution is 2.16. The zero-order valence-electron chi connectivity index (χ0n) is 9.09. The van der Waals surface area contributed by atoms with E-state index >= 15 is 0 Å². The Morgan fingerprint density at radius 2 is 2.44 bits per heavy atom. The van der Waals surface area contributed by atoms with E-state index in [4.69, 9.17) is 0 Å². The van der Waals surface area contributed by atoms with E-state index < -0.39 is 4.92 Å². The topological polar surface area (TPSA) is 71.3 Å². The average Bonchev–Trinajstić information content (AvgIpc) is 2.65. The van der Waals surface area contributed by atoms with Crippen LogP contribution in [0.5, 0.6) is 0 Å². The lowest BCUT2D eigenvalue weighted by atomic mass is 10.2. The fourth-order valence-corrected chi connectivity index (χ4v) is 1.87. The van der Waals surface area contributed by atoms with E-state index in [0.717, 1.165) is 25.2 Å². The third-order valence-electron chi connectivity index (χ3n) is 2.70. The number of pyridine rings is 1. The fourth-order valence-electron chi connectivity index (χ4n) is 1.87. The van der Waals surface area contributed by atoms with Gasteiger partial charge in [-0.15, -0.1) is 0 Å². The summed E-state index contributed by atoms with van der Waals surface area (Å²) in [7, 11) is 2.08. The monoisotopic (exact) mass is 222 g/mol. The van der Waals surface area contributed by atoms with Crippen molar-refractivity contribution >= 4 is 11.5 Å². The standard InChI is InChI=1S/C10H14N4O2/c1-13-5-4-9(7-13)12-8-2-3-10(11-6-8)14(15)16/h2-3,6,9,12H,4-5,7H2,1H3. The normalized spacial score (nSPS) is 20.9. The van der Waals surface area contributed by atoms with Crippen LogP contribution in [0.3, 0.4) is 0 Å². The summed E-state index contributed by atoms with van der Waals surface area (Å²) < 4.78 is 0. The zero-order chi connectivity index (χ0) is 11.5. The van der Waals surface area contributed by atoms with Crippen LogP contribution in [0.25, 0.3) is 0 Å². The van der Waals surface area contributed by atoms with Gasteiger partial charge in [0, 0.05) is 18.7 Å². The molecular formula is C10H14N4O2. The van der Waals surface area contributed by atoms with Gasteiger partial charge in [-0.25, -0.2) is 0 Å². The summed E-state index contributed by atoms with van der Waals surface area (Å²) in [5, 5.41) is 13.7. The minimum Gasteiger partial charge on any atom is -0.378 e. The maximum Gasteiger partial charge on any atom is 0.363 e. The van der Waals surface area contributed by atoms with Gasteiger partial charge in [-0.2, -0.15) is 0 Å². The molecular weight excluding hydrogens is 208 g/mol. The number of aromatic nitrogens is 1. The number of hydrogen-bond acceptors (Lipinski definition) is 5. The van der Waals surface area contributed by atoms with Crippen molar-refractivity contribution in [2.24, 2.45) is 0 Å². The van der Waals surface area contributed by atoms with E-state index in [1.54, 1.807) is 6.07 Å². The third-order valence-corrected chi connectivity index (χ3v) is 2.70. The van der Waals surface area contributed by atoms with Gasteiger partial charge in [-0.1, -0.05) is 0 Å². The van der Waals surface area contributed by atoms with E-state index in [1.165, 1.54) is 12.3 Å². The second-order valence-corrected chi connectivity index (χ2v) is 4.05. The molecule has 2 heterocycles. The van der Waals surface area contributed by atoms with Crippen molar-refractivity contribution in [2.45, 2.75) is 12.5 Å². The number of nitrogens with zero attached hydrogens (tertiary/aromatic N) is 3. The summed E-state index contributed by atoms with van der Waals surface area (Å²) in [4.78, 5) is 15.9. The van der Waals surface area contributed by atoms with Crippen LogP contribution in [0.2, 0.25) is 0 Å². The molecule has 6 heteroatoms. The van der Waals surface area contributed by atoms with Gasteiger partial charge in [0.2, 0.25) is 0 Å².